The molecule has 1 amide bonds. The van der Waals surface area contributed by atoms with Crippen molar-refractivity contribution in [3.63, 3.8) is 0 Å². The van der Waals surface area contributed by atoms with Crippen LogP contribution in [0.3, 0.4) is 0 Å². The van der Waals surface area contributed by atoms with Crippen LogP contribution in [0.1, 0.15) is 18.9 Å². The predicted molar refractivity (Wildman–Crippen MR) is 68.2 cm³/mol. The SMILES string of the molecule is CCC1=C(C(N)=O)c2ccccc2OC1(CF)CF. The molecule has 0 fully saturated rings. The van der Waals surface area contributed by atoms with Gasteiger partial charge in [-0.3, -0.25) is 4.79 Å². The minimum absolute atomic E-state index is 0.166. The van der Waals surface area contributed by atoms with Gasteiger partial charge in [-0.05, 0) is 18.1 Å². The molecule has 3 nitrogen and oxygen atoms in total. The van der Waals surface area contributed by atoms with Gasteiger partial charge in [0.25, 0.3) is 0 Å². The zero-order valence-electron chi connectivity index (χ0n) is 10.6. The zero-order valence-corrected chi connectivity index (χ0v) is 10.6. The number of amides is 1. The van der Waals surface area contributed by atoms with Crippen molar-refractivity contribution in [2.24, 2.45) is 5.73 Å². The van der Waals surface area contributed by atoms with Crippen molar-refractivity contribution in [1.29, 1.82) is 0 Å². The van der Waals surface area contributed by atoms with Crippen LogP contribution in [0, 0.1) is 0 Å². The molecule has 1 aliphatic rings. The lowest BCUT2D eigenvalue weighted by molar-refractivity contribution is -0.113. The highest BCUT2D eigenvalue weighted by Crippen LogP contribution is 2.42. The monoisotopic (exact) mass is 267 g/mol. The Morgan fingerprint density at radius 3 is 2.47 bits per heavy atom. The summed E-state index contributed by atoms with van der Waals surface area (Å²) in [7, 11) is 0. The summed E-state index contributed by atoms with van der Waals surface area (Å²) in [6.45, 7) is -0.370. The second-order valence-electron chi connectivity index (χ2n) is 4.43. The molecule has 1 aliphatic heterocycles. The van der Waals surface area contributed by atoms with Gasteiger partial charge in [-0.1, -0.05) is 25.1 Å². The maximum Gasteiger partial charge on any atom is 0.249 e. The summed E-state index contributed by atoms with van der Waals surface area (Å²) < 4.78 is 32.2. The van der Waals surface area contributed by atoms with E-state index in [1.807, 2.05) is 0 Å². The van der Waals surface area contributed by atoms with Crippen molar-refractivity contribution >= 4 is 11.5 Å². The highest BCUT2D eigenvalue weighted by molar-refractivity contribution is 6.21. The van der Waals surface area contributed by atoms with Gasteiger partial charge in [0.05, 0.1) is 5.57 Å². The molecule has 2 N–H and O–H groups in total. The number of carbonyl (C=O) groups is 1. The van der Waals surface area contributed by atoms with Crippen molar-refractivity contribution in [2.75, 3.05) is 13.3 Å². The summed E-state index contributed by atoms with van der Waals surface area (Å²) in [6, 6.07) is 6.63. The summed E-state index contributed by atoms with van der Waals surface area (Å²) in [6.07, 6.45) is 0.292. The summed E-state index contributed by atoms with van der Waals surface area (Å²) in [5, 5.41) is 0. The highest BCUT2D eigenvalue weighted by atomic mass is 19.1. The smallest absolute Gasteiger partial charge is 0.249 e. The third-order valence-electron chi connectivity index (χ3n) is 3.35. The molecule has 19 heavy (non-hydrogen) atoms. The molecule has 0 radical (unpaired) electrons. The minimum Gasteiger partial charge on any atom is -0.477 e. The first-order valence-electron chi connectivity index (χ1n) is 6.03. The third-order valence-corrected chi connectivity index (χ3v) is 3.35. The van der Waals surface area contributed by atoms with E-state index in [0.29, 0.717) is 12.0 Å². The molecule has 0 spiro atoms. The Labute approximate surface area is 110 Å². The summed E-state index contributed by atoms with van der Waals surface area (Å²) in [5.74, 6) is -0.414. The molecular formula is C14H15F2NO2. The minimum atomic E-state index is -1.73. The van der Waals surface area contributed by atoms with Gasteiger partial charge < -0.3 is 10.5 Å². The van der Waals surface area contributed by atoms with Crippen LogP contribution in [0.15, 0.2) is 29.8 Å². The standard InChI is InChI=1S/C14H15F2NO2/c1-2-10-12(13(17)18)9-5-3-4-6-11(9)19-14(10,7-15)8-16/h3-6H,2,7-8H2,1H3,(H2,17,18). The Hall–Kier alpha value is -1.91. The summed E-state index contributed by atoms with van der Waals surface area (Å²) in [4.78, 5) is 11.7. The molecule has 0 bridgehead atoms. The first-order chi connectivity index (χ1) is 9.09. The van der Waals surface area contributed by atoms with Crippen molar-refractivity contribution in [3.05, 3.63) is 35.4 Å². The highest BCUT2D eigenvalue weighted by Gasteiger charge is 2.43. The van der Waals surface area contributed by atoms with Crippen molar-refractivity contribution < 1.29 is 18.3 Å². The van der Waals surface area contributed by atoms with E-state index in [1.54, 1.807) is 31.2 Å². The fraction of sp³-hybridized carbons (Fsp3) is 0.357. The molecule has 1 heterocycles. The number of nitrogens with two attached hydrogens (primary N) is 1. The van der Waals surface area contributed by atoms with E-state index in [-0.39, 0.29) is 16.9 Å². The number of carbonyl (C=O) groups excluding carboxylic acids is 1. The number of ether oxygens (including phenoxy) is 1. The lowest BCUT2D eigenvalue weighted by atomic mass is 9.83. The van der Waals surface area contributed by atoms with Gasteiger partial charge in [0, 0.05) is 5.56 Å². The lowest BCUT2D eigenvalue weighted by Crippen LogP contribution is -2.46. The Balaban J connectivity index is 2.75. The number of benzene rings is 1. The average molecular weight is 267 g/mol. The van der Waals surface area contributed by atoms with E-state index in [9.17, 15) is 13.6 Å². The van der Waals surface area contributed by atoms with E-state index in [1.165, 1.54) is 0 Å². The van der Waals surface area contributed by atoms with Crippen molar-refractivity contribution in [3.8, 4) is 5.75 Å². The molecule has 2 rings (SSSR count). The number of hydrogen-bond acceptors (Lipinski definition) is 2. The van der Waals surface area contributed by atoms with Gasteiger partial charge in [0.1, 0.15) is 19.1 Å². The number of rotatable bonds is 4. The molecule has 1 aromatic rings. The Morgan fingerprint density at radius 2 is 1.95 bits per heavy atom. The fourth-order valence-electron chi connectivity index (χ4n) is 2.46. The molecule has 1 aromatic carbocycles. The van der Waals surface area contributed by atoms with Crippen LogP contribution >= 0.6 is 0 Å². The first-order valence-corrected chi connectivity index (χ1v) is 6.03. The molecular weight excluding hydrogens is 252 g/mol. The molecule has 5 heteroatoms. The van der Waals surface area contributed by atoms with Crippen LogP contribution in [0.4, 0.5) is 8.78 Å². The second kappa shape index (κ2) is 4.99. The van der Waals surface area contributed by atoms with E-state index < -0.39 is 24.9 Å². The van der Waals surface area contributed by atoms with Crippen LogP contribution < -0.4 is 10.5 Å². The van der Waals surface area contributed by atoms with E-state index in [2.05, 4.69) is 0 Å². The molecule has 0 aromatic heterocycles. The quantitative estimate of drug-likeness (QED) is 0.910. The molecule has 0 saturated carbocycles. The van der Waals surface area contributed by atoms with Crippen molar-refractivity contribution in [2.45, 2.75) is 18.9 Å². The van der Waals surface area contributed by atoms with Gasteiger partial charge >= 0.3 is 0 Å². The van der Waals surface area contributed by atoms with E-state index in [0.717, 1.165) is 0 Å². The summed E-state index contributed by atoms with van der Waals surface area (Å²) >= 11 is 0. The maximum atomic E-state index is 13.4. The fourth-order valence-corrected chi connectivity index (χ4v) is 2.46. The molecule has 102 valence electrons. The topological polar surface area (TPSA) is 52.3 Å². The van der Waals surface area contributed by atoms with Crippen LogP contribution in [0.2, 0.25) is 0 Å². The maximum absolute atomic E-state index is 13.4. The second-order valence-corrected chi connectivity index (χ2v) is 4.43. The molecule has 0 aliphatic carbocycles. The number of alkyl halides is 2. The predicted octanol–water partition coefficient (Wildman–Crippen LogP) is 2.41. The van der Waals surface area contributed by atoms with Gasteiger partial charge in [-0.15, -0.1) is 0 Å². The Kier molecular flexibility index (Phi) is 3.55. The lowest BCUT2D eigenvalue weighted by Gasteiger charge is -2.37. The summed E-state index contributed by atoms with van der Waals surface area (Å²) in [5.41, 5.74) is 4.59. The molecule has 0 unspecified atom stereocenters. The van der Waals surface area contributed by atoms with Crippen LogP contribution in [0.5, 0.6) is 5.75 Å². The van der Waals surface area contributed by atoms with Gasteiger partial charge in [-0.25, -0.2) is 8.78 Å². The largest absolute Gasteiger partial charge is 0.477 e. The Morgan fingerprint density at radius 1 is 1.32 bits per heavy atom. The van der Waals surface area contributed by atoms with Crippen LogP contribution in [-0.4, -0.2) is 24.9 Å². The van der Waals surface area contributed by atoms with E-state index >= 15 is 0 Å². The molecule has 0 saturated heterocycles. The van der Waals surface area contributed by atoms with Crippen LogP contribution in [-0.2, 0) is 4.79 Å². The zero-order chi connectivity index (χ0) is 14.0. The number of para-hydroxylation sites is 1. The van der Waals surface area contributed by atoms with Gasteiger partial charge in [0.15, 0.2) is 5.60 Å². The number of fused-ring (bicyclic) bond motifs is 1. The third kappa shape index (κ3) is 1.99. The van der Waals surface area contributed by atoms with Crippen molar-refractivity contribution in [1.82, 2.24) is 0 Å². The van der Waals surface area contributed by atoms with E-state index in [4.69, 9.17) is 10.5 Å². The van der Waals surface area contributed by atoms with Gasteiger partial charge in [-0.2, -0.15) is 0 Å². The number of hydrogen-bond donors (Lipinski definition) is 1. The number of primary amides is 1. The average Bonchev–Trinajstić information content (AvgIpc) is 2.44. The first kappa shape index (κ1) is 13.5. The van der Waals surface area contributed by atoms with Gasteiger partial charge in [0.2, 0.25) is 5.91 Å². The van der Waals surface area contributed by atoms with Crippen LogP contribution in [0.25, 0.3) is 5.57 Å². The molecule has 0 atom stereocenters. The Bertz CT molecular complexity index is 536. The normalized spacial score (nSPS) is 16.8. The number of halogens is 2.